The van der Waals surface area contributed by atoms with Gasteiger partial charge in [-0.1, -0.05) is 54.6 Å². The van der Waals surface area contributed by atoms with Gasteiger partial charge in [0.2, 0.25) is 0 Å². The molecule has 2 fully saturated rings. The van der Waals surface area contributed by atoms with E-state index < -0.39 is 0 Å². The second kappa shape index (κ2) is 7.89. The highest BCUT2D eigenvalue weighted by Crippen LogP contribution is 2.50. The zero-order valence-electron chi connectivity index (χ0n) is 18.5. The van der Waals surface area contributed by atoms with E-state index in [9.17, 15) is 0 Å². The Hall–Kier alpha value is -2.92. The minimum atomic E-state index is 0.152. The molecular weight excluding hydrogens is 394 g/mol. The molecule has 2 saturated heterocycles. The zero-order valence-corrected chi connectivity index (χ0v) is 18.5. The van der Waals surface area contributed by atoms with Crippen molar-refractivity contribution in [3.8, 4) is 0 Å². The van der Waals surface area contributed by atoms with Gasteiger partial charge in [-0.2, -0.15) is 0 Å². The quantitative estimate of drug-likeness (QED) is 0.661. The van der Waals surface area contributed by atoms with Crippen LogP contribution in [0.4, 0.5) is 11.6 Å². The predicted molar refractivity (Wildman–Crippen MR) is 129 cm³/mol. The fourth-order valence-electron chi connectivity index (χ4n) is 6.18. The molecule has 0 amide bonds. The van der Waals surface area contributed by atoms with E-state index in [1.165, 1.54) is 29.5 Å². The van der Waals surface area contributed by atoms with Gasteiger partial charge >= 0.3 is 0 Å². The van der Waals surface area contributed by atoms with E-state index in [0.29, 0.717) is 6.04 Å². The SMILES string of the molecule is N[C@@H]1c2ccccc2CC12CCN(c1cnc(N3CCC[C@@H]3c3ccccc3)cn1)CC2. The zero-order chi connectivity index (χ0) is 21.5. The molecule has 2 aromatic carbocycles. The lowest BCUT2D eigenvalue weighted by Crippen LogP contribution is -2.44. The van der Waals surface area contributed by atoms with E-state index in [2.05, 4.69) is 64.4 Å². The molecule has 5 heteroatoms. The third kappa shape index (κ3) is 3.27. The molecule has 1 aromatic heterocycles. The van der Waals surface area contributed by atoms with Crippen molar-refractivity contribution in [2.45, 2.75) is 44.2 Å². The molecule has 3 aromatic rings. The second-order valence-electron chi connectivity index (χ2n) is 9.70. The average molecular weight is 426 g/mol. The smallest absolute Gasteiger partial charge is 0.147 e. The number of piperidine rings is 1. The van der Waals surface area contributed by atoms with Crippen LogP contribution in [0.15, 0.2) is 67.0 Å². The van der Waals surface area contributed by atoms with Gasteiger partial charge in [-0.25, -0.2) is 9.97 Å². The van der Waals surface area contributed by atoms with Gasteiger partial charge in [0.25, 0.3) is 0 Å². The van der Waals surface area contributed by atoms with Crippen LogP contribution in [0.25, 0.3) is 0 Å². The molecule has 2 atom stereocenters. The Balaban J connectivity index is 1.14. The maximum Gasteiger partial charge on any atom is 0.147 e. The van der Waals surface area contributed by atoms with Crippen LogP contribution in [-0.2, 0) is 6.42 Å². The Morgan fingerprint density at radius 2 is 1.56 bits per heavy atom. The number of nitrogens with zero attached hydrogens (tertiary/aromatic N) is 4. The summed E-state index contributed by atoms with van der Waals surface area (Å²) in [5.74, 6) is 1.98. The first-order valence-electron chi connectivity index (χ1n) is 12.0. The van der Waals surface area contributed by atoms with Crippen molar-refractivity contribution in [1.29, 1.82) is 0 Å². The van der Waals surface area contributed by atoms with Crippen molar-refractivity contribution in [3.05, 3.63) is 83.7 Å². The molecule has 1 aliphatic carbocycles. The summed E-state index contributed by atoms with van der Waals surface area (Å²) in [6.07, 6.45) is 9.63. The lowest BCUT2D eigenvalue weighted by atomic mass is 9.73. The largest absolute Gasteiger partial charge is 0.355 e. The second-order valence-corrected chi connectivity index (χ2v) is 9.70. The van der Waals surface area contributed by atoms with Crippen LogP contribution in [0.3, 0.4) is 0 Å². The van der Waals surface area contributed by atoms with Crippen LogP contribution in [-0.4, -0.2) is 29.6 Å². The molecule has 0 saturated carbocycles. The number of anilines is 2. The van der Waals surface area contributed by atoms with E-state index in [-0.39, 0.29) is 11.5 Å². The summed E-state index contributed by atoms with van der Waals surface area (Å²) >= 11 is 0. The fraction of sp³-hybridized carbons (Fsp3) is 0.407. The van der Waals surface area contributed by atoms with E-state index in [4.69, 9.17) is 15.7 Å². The highest BCUT2D eigenvalue weighted by Gasteiger charge is 2.45. The van der Waals surface area contributed by atoms with Gasteiger partial charge in [0.1, 0.15) is 11.6 Å². The van der Waals surface area contributed by atoms with Crippen LogP contribution < -0.4 is 15.5 Å². The fourth-order valence-corrected chi connectivity index (χ4v) is 6.18. The third-order valence-electron chi connectivity index (χ3n) is 8.03. The van der Waals surface area contributed by atoms with Crippen LogP contribution in [0, 0.1) is 5.41 Å². The number of hydrogen-bond donors (Lipinski definition) is 1. The minimum Gasteiger partial charge on any atom is -0.355 e. The molecule has 0 unspecified atom stereocenters. The highest BCUT2D eigenvalue weighted by molar-refractivity contribution is 5.47. The molecule has 5 nitrogen and oxygen atoms in total. The Kier molecular flexibility index (Phi) is 4.87. The van der Waals surface area contributed by atoms with Crippen molar-refractivity contribution >= 4 is 11.6 Å². The number of nitrogens with two attached hydrogens (primary N) is 1. The Labute approximate surface area is 190 Å². The number of benzene rings is 2. The van der Waals surface area contributed by atoms with Gasteiger partial charge in [0, 0.05) is 25.7 Å². The molecule has 3 heterocycles. The number of fused-ring (bicyclic) bond motifs is 1. The van der Waals surface area contributed by atoms with E-state index in [0.717, 1.165) is 50.5 Å². The van der Waals surface area contributed by atoms with Gasteiger partial charge in [-0.3, -0.25) is 0 Å². The first-order valence-corrected chi connectivity index (χ1v) is 12.0. The van der Waals surface area contributed by atoms with Gasteiger partial charge in [-0.15, -0.1) is 0 Å². The molecule has 0 radical (unpaired) electrons. The standard InChI is InChI=1S/C27H31N5/c28-26-22-10-5-4-9-21(22)17-27(26)12-15-31(16-13-27)24-18-30-25(19-29-24)32-14-6-11-23(32)20-7-2-1-3-8-20/h1-5,7-10,18-19,23,26H,6,11-17,28H2/t23-,26-/m1/s1. The Morgan fingerprint density at radius 1 is 0.844 bits per heavy atom. The maximum absolute atomic E-state index is 6.74. The first-order chi connectivity index (χ1) is 15.7. The minimum absolute atomic E-state index is 0.152. The molecule has 2 aliphatic heterocycles. The lowest BCUT2D eigenvalue weighted by molar-refractivity contribution is 0.187. The summed E-state index contributed by atoms with van der Waals surface area (Å²) in [4.78, 5) is 14.5. The number of aromatic nitrogens is 2. The van der Waals surface area contributed by atoms with Crippen molar-refractivity contribution in [3.63, 3.8) is 0 Å². The predicted octanol–water partition coefficient (Wildman–Crippen LogP) is 4.66. The van der Waals surface area contributed by atoms with Crippen molar-refractivity contribution in [2.24, 2.45) is 11.1 Å². The summed E-state index contributed by atoms with van der Waals surface area (Å²) in [7, 11) is 0. The summed E-state index contributed by atoms with van der Waals surface area (Å²) in [5.41, 5.74) is 11.1. The normalized spacial score (nSPS) is 24.2. The molecule has 0 bridgehead atoms. The Bertz CT molecular complexity index is 1070. The van der Waals surface area contributed by atoms with E-state index >= 15 is 0 Å². The van der Waals surface area contributed by atoms with Crippen molar-refractivity contribution < 1.29 is 0 Å². The maximum atomic E-state index is 6.74. The molecular formula is C27H31N5. The topological polar surface area (TPSA) is 58.3 Å². The monoisotopic (exact) mass is 425 g/mol. The summed E-state index contributed by atoms with van der Waals surface area (Å²) in [5, 5.41) is 0. The molecule has 164 valence electrons. The van der Waals surface area contributed by atoms with Gasteiger partial charge in [0.05, 0.1) is 18.4 Å². The number of rotatable bonds is 3. The summed E-state index contributed by atoms with van der Waals surface area (Å²) < 4.78 is 0. The number of hydrogen-bond acceptors (Lipinski definition) is 5. The Morgan fingerprint density at radius 3 is 2.31 bits per heavy atom. The van der Waals surface area contributed by atoms with E-state index in [1.807, 2.05) is 12.4 Å². The average Bonchev–Trinajstić information content (AvgIpc) is 3.44. The molecule has 3 aliphatic rings. The van der Waals surface area contributed by atoms with Crippen molar-refractivity contribution in [2.75, 3.05) is 29.4 Å². The van der Waals surface area contributed by atoms with Crippen LogP contribution >= 0.6 is 0 Å². The highest BCUT2D eigenvalue weighted by atomic mass is 15.3. The molecule has 32 heavy (non-hydrogen) atoms. The van der Waals surface area contributed by atoms with Crippen LogP contribution in [0.2, 0.25) is 0 Å². The van der Waals surface area contributed by atoms with Gasteiger partial charge in [-0.05, 0) is 54.2 Å². The molecule has 1 spiro atoms. The van der Waals surface area contributed by atoms with E-state index in [1.54, 1.807) is 0 Å². The summed E-state index contributed by atoms with van der Waals surface area (Å²) in [6, 6.07) is 20.0. The van der Waals surface area contributed by atoms with Crippen molar-refractivity contribution in [1.82, 2.24) is 9.97 Å². The lowest BCUT2D eigenvalue weighted by Gasteiger charge is -2.42. The summed E-state index contributed by atoms with van der Waals surface area (Å²) in [6.45, 7) is 3.02. The van der Waals surface area contributed by atoms with Crippen LogP contribution in [0.1, 0.15) is 54.5 Å². The first kappa shape index (κ1) is 19.7. The molecule has 6 rings (SSSR count). The van der Waals surface area contributed by atoms with Gasteiger partial charge in [0.15, 0.2) is 0 Å². The van der Waals surface area contributed by atoms with Crippen LogP contribution in [0.5, 0.6) is 0 Å². The van der Waals surface area contributed by atoms with Gasteiger partial charge < -0.3 is 15.5 Å². The third-order valence-corrected chi connectivity index (χ3v) is 8.03. The molecule has 2 N–H and O–H groups in total.